The number of nitrogens with zero attached hydrogens (tertiary/aromatic N) is 1. The monoisotopic (exact) mass is 267 g/mol. The third kappa shape index (κ3) is 4.46. The molecule has 0 aromatic carbocycles. The third-order valence-electron chi connectivity index (χ3n) is 4.34. The summed E-state index contributed by atoms with van der Waals surface area (Å²) in [7, 11) is 0. The van der Waals surface area contributed by atoms with Gasteiger partial charge in [0.2, 0.25) is 5.91 Å². The minimum Gasteiger partial charge on any atom is -0.352 e. The Labute approximate surface area is 117 Å². The average molecular weight is 267 g/mol. The lowest BCUT2D eigenvalue weighted by Gasteiger charge is -2.32. The summed E-state index contributed by atoms with van der Waals surface area (Å²) >= 11 is 0. The molecular formula is C15H29N3O. The lowest BCUT2D eigenvalue weighted by Crippen LogP contribution is -2.46. The predicted molar refractivity (Wildman–Crippen MR) is 78.1 cm³/mol. The van der Waals surface area contributed by atoms with Gasteiger partial charge in [0.05, 0.1) is 0 Å². The largest absolute Gasteiger partial charge is 0.352 e. The van der Waals surface area contributed by atoms with Crippen molar-refractivity contribution in [1.82, 2.24) is 15.5 Å². The van der Waals surface area contributed by atoms with Crippen LogP contribution in [0.25, 0.3) is 0 Å². The number of carbonyl (C=O) groups is 1. The summed E-state index contributed by atoms with van der Waals surface area (Å²) in [4.78, 5) is 14.5. The first kappa shape index (κ1) is 14.8. The summed E-state index contributed by atoms with van der Waals surface area (Å²) in [5, 5.41) is 6.61. The summed E-state index contributed by atoms with van der Waals surface area (Å²) in [6, 6.07) is 1.53. The number of piperidine rings is 1. The fourth-order valence-corrected chi connectivity index (χ4v) is 3.33. The number of rotatable bonds is 6. The molecule has 1 amide bonds. The molecule has 2 atom stereocenters. The second-order valence-electron chi connectivity index (χ2n) is 6.27. The summed E-state index contributed by atoms with van der Waals surface area (Å²) < 4.78 is 0. The van der Waals surface area contributed by atoms with Crippen molar-refractivity contribution >= 4 is 5.91 Å². The molecule has 0 aromatic rings. The van der Waals surface area contributed by atoms with Crippen LogP contribution in [0, 0.1) is 0 Å². The van der Waals surface area contributed by atoms with Crippen molar-refractivity contribution < 1.29 is 4.79 Å². The van der Waals surface area contributed by atoms with E-state index < -0.39 is 0 Å². The minimum absolute atomic E-state index is 0.239. The SMILES string of the molecule is CC(C)NCCCC(=O)NC1CCN2CCCCC12. The van der Waals surface area contributed by atoms with Crippen LogP contribution in [-0.2, 0) is 4.79 Å². The Bertz CT molecular complexity index is 293. The maximum absolute atomic E-state index is 12.0. The Morgan fingerprint density at radius 3 is 2.89 bits per heavy atom. The van der Waals surface area contributed by atoms with Gasteiger partial charge in [-0.1, -0.05) is 20.3 Å². The summed E-state index contributed by atoms with van der Waals surface area (Å²) in [6.07, 6.45) is 6.65. The van der Waals surface area contributed by atoms with Gasteiger partial charge in [-0.3, -0.25) is 9.69 Å². The van der Waals surface area contributed by atoms with Gasteiger partial charge in [-0.25, -0.2) is 0 Å². The molecule has 0 aliphatic carbocycles. The van der Waals surface area contributed by atoms with Gasteiger partial charge in [-0.2, -0.15) is 0 Å². The number of fused-ring (bicyclic) bond motifs is 1. The quantitative estimate of drug-likeness (QED) is 0.717. The second kappa shape index (κ2) is 7.25. The highest BCUT2D eigenvalue weighted by atomic mass is 16.1. The maximum Gasteiger partial charge on any atom is 0.220 e. The number of hydrogen-bond donors (Lipinski definition) is 2. The van der Waals surface area contributed by atoms with Gasteiger partial charge < -0.3 is 10.6 Å². The summed E-state index contributed by atoms with van der Waals surface area (Å²) in [6.45, 7) is 7.61. The predicted octanol–water partition coefficient (Wildman–Crippen LogP) is 1.51. The van der Waals surface area contributed by atoms with E-state index in [1.165, 1.54) is 32.4 Å². The van der Waals surface area contributed by atoms with E-state index in [0.717, 1.165) is 19.4 Å². The van der Waals surface area contributed by atoms with Crippen LogP contribution in [0.4, 0.5) is 0 Å². The standard InChI is InChI=1S/C15H29N3O/c1-12(2)16-9-5-7-15(19)17-13-8-11-18-10-4-3-6-14(13)18/h12-14,16H,3-11H2,1-2H3,(H,17,19). The van der Waals surface area contributed by atoms with Crippen molar-refractivity contribution in [3.8, 4) is 0 Å². The van der Waals surface area contributed by atoms with Gasteiger partial charge in [0.25, 0.3) is 0 Å². The fraction of sp³-hybridized carbons (Fsp3) is 0.933. The molecule has 2 unspecified atom stereocenters. The normalized spacial score (nSPS) is 27.5. The summed E-state index contributed by atoms with van der Waals surface area (Å²) in [5.41, 5.74) is 0. The zero-order valence-electron chi connectivity index (χ0n) is 12.5. The molecule has 2 aliphatic rings. The molecule has 4 heteroatoms. The molecule has 2 saturated heterocycles. The molecule has 2 aliphatic heterocycles. The molecule has 2 N–H and O–H groups in total. The van der Waals surface area contributed by atoms with E-state index in [1.807, 2.05) is 0 Å². The van der Waals surface area contributed by atoms with Gasteiger partial charge in [0.1, 0.15) is 0 Å². The maximum atomic E-state index is 12.0. The lowest BCUT2D eigenvalue weighted by molar-refractivity contribution is -0.122. The van der Waals surface area contributed by atoms with Crippen molar-refractivity contribution in [2.45, 2.75) is 70.5 Å². The highest BCUT2D eigenvalue weighted by molar-refractivity contribution is 5.76. The molecule has 4 nitrogen and oxygen atoms in total. The molecular weight excluding hydrogens is 238 g/mol. The molecule has 0 spiro atoms. The van der Waals surface area contributed by atoms with Crippen molar-refractivity contribution in [3.05, 3.63) is 0 Å². The number of hydrogen-bond acceptors (Lipinski definition) is 3. The number of nitrogens with one attached hydrogen (secondary N) is 2. The number of carbonyl (C=O) groups excluding carboxylic acids is 1. The highest BCUT2D eigenvalue weighted by Gasteiger charge is 2.35. The van der Waals surface area contributed by atoms with E-state index in [-0.39, 0.29) is 5.91 Å². The minimum atomic E-state index is 0.239. The topological polar surface area (TPSA) is 44.4 Å². The van der Waals surface area contributed by atoms with Gasteiger partial charge in [-0.05, 0) is 38.8 Å². The van der Waals surface area contributed by atoms with E-state index in [1.54, 1.807) is 0 Å². The van der Waals surface area contributed by atoms with Crippen molar-refractivity contribution in [1.29, 1.82) is 0 Å². The first-order chi connectivity index (χ1) is 9.16. The van der Waals surface area contributed by atoms with E-state index in [0.29, 0.717) is 24.5 Å². The highest BCUT2D eigenvalue weighted by Crippen LogP contribution is 2.27. The van der Waals surface area contributed by atoms with Gasteiger partial charge >= 0.3 is 0 Å². The molecule has 2 heterocycles. The van der Waals surface area contributed by atoms with Crippen LogP contribution >= 0.6 is 0 Å². The molecule has 110 valence electrons. The van der Waals surface area contributed by atoms with Gasteiger partial charge in [0, 0.05) is 31.1 Å². The zero-order valence-corrected chi connectivity index (χ0v) is 12.5. The zero-order chi connectivity index (χ0) is 13.7. The Morgan fingerprint density at radius 1 is 1.26 bits per heavy atom. The van der Waals surface area contributed by atoms with Crippen LogP contribution in [0.2, 0.25) is 0 Å². The number of amides is 1. The molecule has 19 heavy (non-hydrogen) atoms. The molecule has 2 rings (SSSR count). The molecule has 0 radical (unpaired) electrons. The van der Waals surface area contributed by atoms with Crippen LogP contribution in [0.5, 0.6) is 0 Å². The van der Waals surface area contributed by atoms with Crippen molar-refractivity contribution in [2.75, 3.05) is 19.6 Å². The average Bonchev–Trinajstić information content (AvgIpc) is 2.78. The lowest BCUT2D eigenvalue weighted by atomic mass is 9.99. The first-order valence-corrected chi connectivity index (χ1v) is 7.93. The molecule has 2 fully saturated rings. The summed E-state index contributed by atoms with van der Waals surface area (Å²) in [5.74, 6) is 0.239. The van der Waals surface area contributed by atoms with E-state index in [2.05, 4.69) is 29.4 Å². The Hall–Kier alpha value is -0.610. The van der Waals surface area contributed by atoms with Crippen LogP contribution < -0.4 is 10.6 Å². The van der Waals surface area contributed by atoms with E-state index in [9.17, 15) is 4.79 Å². The smallest absolute Gasteiger partial charge is 0.220 e. The van der Waals surface area contributed by atoms with Gasteiger partial charge in [-0.15, -0.1) is 0 Å². The Balaban J connectivity index is 1.65. The second-order valence-corrected chi connectivity index (χ2v) is 6.27. The van der Waals surface area contributed by atoms with Crippen molar-refractivity contribution in [3.63, 3.8) is 0 Å². The molecule has 0 bridgehead atoms. The van der Waals surface area contributed by atoms with Crippen LogP contribution in [0.3, 0.4) is 0 Å². The Morgan fingerprint density at radius 2 is 2.11 bits per heavy atom. The molecule has 0 saturated carbocycles. The van der Waals surface area contributed by atoms with Crippen LogP contribution in [-0.4, -0.2) is 48.6 Å². The van der Waals surface area contributed by atoms with Crippen LogP contribution in [0.15, 0.2) is 0 Å². The third-order valence-corrected chi connectivity index (χ3v) is 4.34. The van der Waals surface area contributed by atoms with Gasteiger partial charge in [0.15, 0.2) is 0 Å². The Kier molecular flexibility index (Phi) is 5.64. The fourth-order valence-electron chi connectivity index (χ4n) is 3.33. The van der Waals surface area contributed by atoms with E-state index in [4.69, 9.17) is 0 Å². The van der Waals surface area contributed by atoms with E-state index >= 15 is 0 Å². The van der Waals surface area contributed by atoms with Crippen LogP contribution in [0.1, 0.15) is 52.4 Å². The first-order valence-electron chi connectivity index (χ1n) is 7.93. The molecule has 0 aromatic heterocycles. The van der Waals surface area contributed by atoms with Crippen molar-refractivity contribution in [2.24, 2.45) is 0 Å².